The van der Waals surface area contributed by atoms with Crippen molar-refractivity contribution in [3.63, 3.8) is 0 Å². The van der Waals surface area contributed by atoms with Gasteiger partial charge in [0.15, 0.2) is 0 Å². The molecule has 1 atom stereocenters. The van der Waals surface area contributed by atoms with Crippen molar-refractivity contribution in [2.24, 2.45) is 0 Å². The molecule has 5 nitrogen and oxygen atoms in total. The molecule has 0 aliphatic heterocycles. The number of hydrogen-bond acceptors (Lipinski definition) is 3. The van der Waals surface area contributed by atoms with Gasteiger partial charge in [0.2, 0.25) is 10.0 Å². The second-order valence-corrected chi connectivity index (χ2v) is 6.62. The van der Waals surface area contributed by atoms with E-state index in [0.29, 0.717) is 10.9 Å². The van der Waals surface area contributed by atoms with Crippen molar-refractivity contribution in [3.05, 3.63) is 28.7 Å². The Morgan fingerprint density at radius 3 is 2.58 bits per heavy atom. The number of rotatable bonds is 7. The second-order valence-electron chi connectivity index (χ2n) is 4.08. The van der Waals surface area contributed by atoms with E-state index < -0.39 is 22.0 Å². The second kappa shape index (κ2) is 7.02. The topological polar surface area (TPSA) is 83.5 Å². The Kier molecular flexibility index (Phi) is 5.96. The first-order valence-electron chi connectivity index (χ1n) is 5.88. The maximum atomic E-state index is 12.1. The largest absolute Gasteiger partial charge is 0.480 e. The maximum absolute atomic E-state index is 12.1. The van der Waals surface area contributed by atoms with Gasteiger partial charge in [-0.15, -0.1) is 0 Å². The van der Waals surface area contributed by atoms with Gasteiger partial charge in [0, 0.05) is 4.47 Å². The molecule has 1 aromatic rings. The summed E-state index contributed by atoms with van der Waals surface area (Å²) in [6, 6.07) is 5.19. The normalized spacial score (nSPS) is 13.2. The van der Waals surface area contributed by atoms with E-state index in [1.54, 1.807) is 18.2 Å². The molecule has 0 bridgehead atoms. The van der Waals surface area contributed by atoms with Crippen LogP contribution in [0.5, 0.6) is 0 Å². The molecule has 7 heteroatoms. The van der Waals surface area contributed by atoms with Gasteiger partial charge in [-0.2, -0.15) is 4.72 Å². The van der Waals surface area contributed by atoms with Crippen molar-refractivity contribution in [2.45, 2.75) is 37.1 Å². The molecule has 0 amide bonds. The number of hydrogen-bond donors (Lipinski definition) is 2. The van der Waals surface area contributed by atoms with Crippen LogP contribution < -0.4 is 4.72 Å². The van der Waals surface area contributed by atoms with Crippen LogP contribution in [0, 0.1) is 0 Å². The van der Waals surface area contributed by atoms with Gasteiger partial charge in [0.1, 0.15) is 6.04 Å². The minimum Gasteiger partial charge on any atom is -0.480 e. The van der Waals surface area contributed by atoms with Crippen molar-refractivity contribution in [3.8, 4) is 0 Å². The summed E-state index contributed by atoms with van der Waals surface area (Å²) >= 11 is 3.15. The van der Waals surface area contributed by atoms with Crippen molar-refractivity contribution < 1.29 is 18.3 Å². The summed E-state index contributed by atoms with van der Waals surface area (Å²) in [5.74, 6) is -1.16. The first-order valence-corrected chi connectivity index (χ1v) is 8.15. The molecule has 1 unspecified atom stereocenters. The third kappa shape index (κ3) is 4.59. The monoisotopic (exact) mass is 349 g/mol. The summed E-state index contributed by atoms with van der Waals surface area (Å²) in [6.45, 7) is 1.92. The van der Waals surface area contributed by atoms with Gasteiger partial charge in [-0.3, -0.25) is 4.79 Å². The lowest BCUT2D eigenvalue weighted by molar-refractivity contribution is -0.139. The molecule has 1 rings (SSSR count). The summed E-state index contributed by atoms with van der Waals surface area (Å²) in [4.78, 5) is 11.1. The molecule has 0 saturated carbocycles. The summed E-state index contributed by atoms with van der Waals surface area (Å²) in [7, 11) is -3.84. The Hall–Kier alpha value is -0.920. The first-order chi connectivity index (χ1) is 8.88. The molecule has 0 fully saturated rings. The molecule has 0 saturated heterocycles. The third-order valence-electron chi connectivity index (χ3n) is 2.57. The fourth-order valence-electron chi connectivity index (χ4n) is 1.55. The molecule has 2 N–H and O–H groups in total. The molecule has 0 spiro atoms. The van der Waals surface area contributed by atoms with Crippen LogP contribution in [-0.2, 0) is 14.8 Å². The van der Waals surface area contributed by atoms with Crippen molar-refractivity contribution >= 4 is 31.9 Å². The SMILES string of the molecule is CCCCC(NS(=O)(=O)c1ccccc1Br)C(=O)O. The van der Waals surface area contributed by atoms with Crippen LogP contribution in [-0.4, -0.2) is 25.5 Å². The van der Waals surface area contributed by atoms with Crippen LogP contribution in [0.1, 0.15) is 26.2 Å². The van der Waals surface area contributed by atoms with Crippen molar-refractivity contribution in [1.82, 2.24) is 4.72 Å². The van der Waals surface area contributed by atoms with Crippen molar-refractivity contribution in [2.75, 3.05) is 0 Å². The molecule has 0 aliphatic carbocycles. The van der Waals surface area contributed by atoms with Gasteiger partial charge in [0.25, 0.3) is 0 Å². The zero-order valence-corrected chi connectivity index (χ0v) is 12.9. The number of aliphatic carboxylic acids is 1. The Morgan fingerprint density at radius 2 is 2.05 bits per heavy atom. The average Bonchev–Trinajstić information content (AvgIpc) is 2.34. The van der Waals surface area contributed by atoms with Gasteiger partial charge >= 0.3 is 5.97 Å². The minimum atomic E-state index is -3.84. The molecule has 0 aromatic heterocycles. The van der Waals surface area contributed by atoms with Crippen LogP contribution in [0.25, 0.3) is 0 Å². The van der Waals surface area contributed by atoms with E-state index >= 15 is 0 Å². The summed E-state index contributed by atoms with van der Waals surface area (Å²) in [5.41, 5.74) is 0. The summed E-state index contributed by atoms with van der Waals surface area (Å²) in [6.07, 6.45) is 1.73. The van der Waals surface area contributed by atoms with Crippen LogP contribution in [0.2, 0.25) is 0 Å². The Morgan fingerprint density at radius 1 is 1.42 bits per heavy atom. The molecular weight excluding hydrogens is 334 g/mol. The number of carboxylic acids is 1. The molecule has 1 aromatic carbocycles. The summed E-state index contributed by atoms with van der Waals surface area (Å²) in [5, 5.41) is 9.04. The standard InChI is InChI=1S/C12H16BrNO4S/c1-2-3-7-10(12(15)16)14-19(17,18)11-8-5-4-6-9(11)13/h4-6,8,10,14H,2-3,7H2,1H3,(H,15,16). The summed E-state index contributed by atoms with van der Waals surface area (Å²) < 4.78 is 26.9. The van der Waals surface area contributed by atoms with Crippen LogP contribution >= 0.6 is 15.9 Å². The van der Waals surface area contributed by atoms with E-state index in [9.17, 15) is 13.2 Å². The predicted molar refractivity (Wildman–Crippen MR) is 75.4 cm³/mol. The number of carboxylic acid groups (broad SMARTS) is 1. The van der Waals surface area contributed by atoms with Gasteiger partial charge in [-0.1, -0.05) is 31.9 Å². The highest BCUT2D eigenvalue weighted by molar-refractivity contribution is 9.10. The molecular formula is C12H16BrNO4S. The number of sulfonamides is 1. The van der Waals surface area contributed by atoms with E-state index in [1.807, 2.05) is 6.92 Å². The molecule has 106 valence electrons. The van der Waals surface area contributed by atoms with E-state index in [0.717, 1.165) is 6.42 Å². The number of unbranched alkanes of at least 4 members (excludes halogenated alkanes) is 1. The number of nitrogens with one attached hydrogen (secondary N) is 1. The van der Waals surface area contributed by atoms with Gasteiger partial charge in [-0.05, 0) is 34.5 Å². The molecule has 19 heavy (non-hydrogen) atoms. The lowest BCUT2D eigenvalue weighted by Crippen LogP contribution is -2.40. The van der Waals surface area contributed by atoms with Gasteiger partial charge in [-0.25, -0.2) is 8.42 Å². The fourth-order valence-corrected chi connectivity index (χ4v) is 3.78. The van der Waals surface area contributed by atoms with E-state index in [2.05, 4.69) is 20.7 Å². The maximum Gasteiger partial charge on any atom is 0.321 e. The van der Waals surface area contributed by atoms with Crippen LogP contribution in [0.3, 0.4) is 0 Å². The smallest absolute Gasteiger partial charge is 0.321 e. The molecule has 0 heterocycles. The highest BCUT2D eigenvalue weighted by Crippen LogP contribution is 2.21. The third-order valence-corrected chi connectivity index (χ3v) is 5.05. The van der Waals surface area contributed by atoms with Crippen LogP contribution in [0.4, 0.5) is 0 Å². The highest BCUT2D eigenvalue weighted by Gasteiger charge is 2.25. The number of halogens is 1. The number of benzene rings is 1. The minimum absolute atomic E-state index is 0.0396. The predicted octanol–water partition coefficient (Wildman–Crippen LogP) is 2.37. The van der Waals surface area contributed by atoms with Crippen molar-refractivity contribution in [1.29, 1.82) is 0 Å². The zero-order chi connectivity index (χ0) is 14.5. The Balaban J connectivity index is 2.95. The van der Waals surface area contributed by atoms with Gasteiger partial charge in [0.05, 0.1) is 4.90 Å². The van der Waals surface area contributed by atoms with Crippen LogP contribution in [0.15, 0.2) is 33.6 Å². The lowest BCUT2D eigenvalue weighted by atomic mass is 10.1. The zero-order valence-electron chi connectivity index (χ0n) is 10.5. The van der Waals surface area contributed by atoms with Gasteiger partial charge < -0.3 is 5.11 Å². The van der Waals surface area contributed by atoms with E-state index in [-0.39, 0.29) is 11.3 Å². The van der Waals surface area contributed by atoms with E-state index in [4.69, 9.17) is 5.11 Å². The molecule has 0 radical (unpaired) electrons. The lowest BCUT2D eigenvalue weighted by Gasteiger charge is -2.15. The Labute approximate surface area is 121 Å². The number of carbonyl (C=O) groups is 1. The quantitative estimate of drug-likeness (QED) is 0.791. The fraction of sp³-hybridized carbons (Fsp3) is 0.417. The first kappa shape index (κ1) is 16.1. The Bertz CT molecular complexity index is 544. The highest BCUT2D eigenvalue weighted by atomic mass is 79.9. The van der Waals surface area contributed by atoms with E-state index in [1.165, 1.54) is 6.07 Å². The molecule has 0 aliphatic rings. The average molecular weight is 350 g/mol.